The van der Waals surface area contributed by atoms with Crippen molar-refractivity contribution in [1.82, 2.24) is 4.98 Å². The SMILES string of the molecule is CC(=O)c1ccc(NC(=O)CSc2nc3ccc(NC(=O)c4ccccc4Cl)cc3s2)cc1. The van der Waals surface area contributed by atoms with Crippen molar-refractivity contribution in [3.8, 4) is 0 Å². The normalized spacial score (nSPS) is 10.7. The maximum Gasteiger partial charge on any atom is 0.257 e. The largest absolute Gasteiger partial charge is 0.325 e. The Kier molecular flexibility index (Phi) is 7.08. The minimum atomic E-state index is -0.285. The average molecular weight is 496 g/mol. The minimum Gasteiger partial charge on any atom is -0.325 e. The first-order valence-electron chi connectivity index (χ1n) is 9.89. The molecule has 1 aromatic heterocycles. The van der Waals surface area contributed by atoms with Gasteiger partial charge in [0.2, 0.25) is 5.91 Å². The van der Waals surface area contributed by atoms with Gasteiger partial charge in [0.25, 0.3) is 5.91 Å². The Labute approximate surface area is 203 Å². The van der Waals surface area contributed by atoms with Crippen molar-refractivity contribution in [1.29, 1.82) is 0 Å². The predicted molar refractivity (Wildman–Crippen MR) is 135 cm³/mol. The highest BCUT2D eigenvalue weighted by molar-refractivity contribution is 8.01. The molecule has 0 aliphatic heterocycles. The molecule has 0 bridgehead atoms. The third-order valence-corrected chi connectivity index (χ3v) is 7.14. The standard InChI is InChI=1S/C24H18ClN3O3S2/c1-14(29)15-6-8-16(9-7-15)26-22(30)13-32-24-28-20-11-10-17(12-21(20)33-24)27-23(31)18-4-2-3-5-19(18)25/h2-12H,13H2,1H3,(H,26,30)(H,27,31). The van der Waals surface area contributed by atoms with Crippen molar-refractivity contribution in [2.24, 2.45) is 0 Å². The Morgan fingerprint density at radius 2 is 1.70 bits per heavy atom. The monoisotopic (exact) mass is 495 g/mol. The van der Waals surface area contributed by atoms with Crippen LogP contribution < -0.4 is 10.6 Å². The lowest BCUT2D eigenvalue weighted by atomic mass is 10.1. The Balaban J connectivity index is 1.37. The maximum absolute atomic E-state index is 12.5. The molecule has 9 heteroatoms. The van der Waals surface area contributed by atoms with Gasteiger partial charge in [-0.25, -0.2) is 4.98 Å². The van der Waals surface area contributed by atoms with Gasteiger partial charge in [-0.3, -0.25) is 14.4 Å². The van der Waals surface area contributed by atoms with E-state index in [1.165, 1.54) is 30.0 Å². The van der Waals surface area contributed by atoms with Crippen molar-refractivity contribution < 1.29 is 14.4 Å². The highest BCUT2D eigenvalue weighted by Gasteiger charge is 2.12. The summed E-state index contributed by atoms with van der Waals surface area (Å²) >= 11 is 8.88. The summed E-state index contributed by atoms with van der Waals surface area (Å²) in [6.07, 6.45) is 0. The van der Waals surface area contributed by atoms with Gasteiger partial charge in [0, 0.05) is 16.9 Å². The fraction of sp³-hybridized carbons (Fsp3) is 0.0833. The number of hydrogen-bond donors (Lipinski definition) is 2. The first-order chi connectivity index (χ1) is 15.9. The molecule has 4 aromatic rings. The number of rotatable bonds is 7. The van der Waals surface area contributed by atoms with Gasteiger partial charge < -0.3 is 10.6 Å². The van der Waals surface area contributed by atoms with E-state index < -0.39 is 0 Å². The van der Waals surface area contributed by atoms with Crippen molar-refractivity contribution in [3.05, 3.63) is 82.9 Å². The highest BCUT2D eigenvalue weighted by atomic mass is 35.5. The molecule has 3 aromatic carbocycles. The second-order valence-electron chi connectivity index (χ2n) is 7.07. The minimum absolute atomic E-state index is 0.0224. The van der Waals surface area contributed by atoms with Crippen LogP contribution in [0.4, 0.5) is 11.4 Å². The van der Waals surface area contributed by atoms with E-state index in [-0.39, 0.29) is 23.4 Å². The lowest BCUT2D eigenvalue weighted by Gasteiger charge is -2.06. The van der Waals surface area contributed by atoms with E-state index in [9.17, 15) is 14.4 Å². The van der Waals surface area contributed by atoms with E-state index in [0.717, 1.165) is 14.6 Å². The second-order valence-corrected chi connectivity index (χ2v) is 9.73. The van der Waals surface area contributed by atoms with Gasteiger partial charge in [-0.15, -0.1) is 11.3 Å². The van der Waals surface area contributed by atoms with Crippen LogP contribution in [0.2, 0.25) is 5.02 Å². The maximum atomic E-state index is 12.5. The predicted octanol–water partition coefficient (Wildman–Crippen LogP) is 6.14. The van der Waals surface area contributed by atoms with Crippen LogP contribution in [0.25, 0.3) is 10.2 Å². The fourth-order valence-electron chi connectivity index (χ4n) is 3.00. The van der Waals surface area contributed by atoms with Crippen molar-refractivity contribution in [2.45, 2.75) is 11.3 Å². The number of amides is 2. The van der Waals surface area contributed by atoms with Gasteiger partial charge in [-0.05, 0) is 61.5 Å². The van der Waals surface area contributed by atoms with E-state index in [1.807, 2.05) is 12.1 Å². The number of nitrogens with zero attached hydrogens (tertiary/aromatic N) is 1. The molecular formula is C24H18ClN3O3S2. The van der Waals surface area contributed by atoms with E-state index in [1.54, 1.807) is 54.6 Å². The lowest BCUT2D eigenvalue weighted by Crippen LogP contribution is -2.13. The summed E-state index contributed by atoms with van der Waals surface area (Å²) in [4.78, 5) is 40.6. The van der Waals surface area contributed by atoms with Gasteiger partial charge in [0.1, 0.15) is 0 Å². The van der Waals surface area contributed by atoms with E-state index in [4.69, 9.17) is 11.6 Å². The number of carbonyl (C=O) groups excluding carboxylic acids is 3. The summed E-state index contributed by atoms with van der Waals surface area (Å²) in [7, 11) is 0. The summed E-state index contributed by atoms with van der Waals surface area (Å²) in [5, 5.41) is 6.05. The number of hydrogen-bond acceptors (Lipinski definition) is 6. The molecule has 0 saturated heterocycles. The van der Waals surface area contributed by atoms with Crippen molar-refractivity contribution in [2.75, 3.05) is 16.4 Å². The summed E-state index contributed by atoms with van der Waals surface area (Å²) in [5.41, 5.74) is 3.06. The second kappa shape index (κ2) is 10.2. The fourth-order valence-corrected chi connectivity index (χ4v) is 5.13. The zero-order valence-electron chi connectivity index (χ0n) is 17.4. The van der Waals surface area contributed by atoms with Crippen LogP contribution >= 0.6 is 34.7 Å². The number of carbonyl (C=O) groups is 3. The molecule has 166 valence electrons. The number of Topliss-reactive ketones (excluding diaryl/α,β-unsaturated/α-hetero) is 1. The van der Waals surface area contributed by atoms with Gasteiger partial charge in [0.05, 0.1) is 26.6 Å². The third kappa shape index (κ3) is 5.78. The lowest BCUT2D eigenvalue weighted by molar-refractivity contribution is -0.113. The van der Waals surface area contributed by atoms with Crippen LogP contribution in [0.5, 0.6) is 0 Å². The number of halogens is 1. The molecule has 2 N–H and O–H groups in total. The molecule has 6 nitrogen and oxygen atoms in total. The van der Waals surface area contributed by atoms with Crippen LogP contribution in [-0.2, 0) is 4.79 Å². The van der Waals surface area contributed by atoms with Gasteiger partial charge in [-0.1, -0.05) is 35.5 Å². The third-order valence-electron chi connectivity index (χ3n) is 4.65. The van der Waals surface area contributed by atoms with Gasteiger partial charge in [0.15, 0.2) is 10.1 Å². The molecule has 0 aliphatic carbocycles. The van der Waals surface area contributed by atoms with E-state index in [0.29, 0.717) is 27.5 Å². The molecule has 4 rings (SSSR count). The molecule has 0 spiro atoms. The quantitative estimate of drug-likeness (QED) is 0.237. The molecule has 0 radical (unpaired) electrons. The first kappa shape index (κ1) is 23.0. The molecule has 0 saturated carbocycles. The molecule has 33 heavy (non-hydrogen) atoms. The summed E-state index contributed by atoms with van der Waals surface area (Å²) in [6.45, 7) is 1.50. The molecular weight excluding hydrogens is 478 g/mol. The Morgan fingerprint density at radius 3 is 2.42 bits per heavy atom. The first-order valence-corrected chi connectivity index (χ1v) is 12.1. The van der Waals surface area contributed by atoms with Crippen LogP contribution in [0.15, 0.2) is 71.1 Å². The van der Waals surface area contributed by atoms with Crippen LogP contribution in [0.3, 0.4) is 0 Å². The van der Waals surface area contributed by atoms with Gasteiger partial charge in [-0.2, -0.15) is 0 Å². The van der Waals surface area contributed by atoms with Crippen molar-refractivity contribution in [3.63, 3.8) is 0 Å². The van der Waals surface area contributed by atoms with Gasteiger partial charge >= 0.3 is 0 Å². The van der Waals surface area contributed by atoms with E-state index >= 15 is 0 Å². The molecule has 0 unspecified atom stereocenters. The number of thiazole rings is 1. The Bertz CT molecular complexity index is 1350. The zero-order chi connectivity index (χ0) is 23.4. The number of nitrogens with one attached hydrogen (secondary N) is 2. The van der Waals surface area contributed by atoms with Crippen molar-refractivity contribution >= 4 is 73.9 Å². The topological polar surface area (TPSA) is 88.2 Å². The molecule has 0 aliphatic rings. The number of anilines is 2. The Morgan fingerprint density at radius 1 is 0.970 bits per heavy atom. The van der Waals surface area contributed by atoms with E-state index in [2.05, 4.69) is 15.6 Å². The molecule has 0 atom stereocenters. The number of benzene rings is 3. The summed E-state index contributed by atoms with van der Waals surface area (Å²) in [6, 6.07) is 19.1. The van der Waals surface area contributed by atoms with Crippen LogP contribution in [0.1, 0.15) is 27.6 Å². The Hall–Kier alpha value is -3.20. The smallest absolute Gasteiger partial charge is 0.257 e. The summed E-state index contributed by atoms with van der Waals surface area (Å²) in [5.74, 6) is -0.273. The number of thioether (sulfide) groups is 1. The zero-order valence-corrected chi connectivity index (χ0v) is 19.8. The van der Waals surface area contributed by atoms with Crippen LogP contribution in [0, 0.1) is 0 Å². The number of fused-ring (bicyclic) bond motifs is 1. The molecule has 2 amide bonds. The average Bonchev–Trinajstić information content (AvgIpc) is 3.20. The molecule has 0 fully saturated rings. The number of ketones is 1. The summed E-state index contributed by atoms with van der Waals surface area (Å²) < 4.78 is 1.65. The highest BCUT2D eigenvalue weighted by Crippen LogP contribution is 2.31. The van der Waals surface area contributed by atoms with Crippen LogP contribution in [-0.4, -0.2) is 28.3 Å². The molecule has 1 heterocycles. The number of aromatic nitrogens is 1.